The zero-order valence-corrected chi connectivity index (χ0v) is 13.0. The standard InChI is InChI=1S/C13H13BrClNO4/c1-6-4-7(14)9(5-8(6)15)16-12(17)10-2-3-11(20-10)13(18)19/h4-5,10-11H,2-3H2,1H3,(H,16,17)(H,18,19). The third kappa shape index (κ3) is 3.31. The molecule has 0 saturated carbocycles. The van der Waals surface area contributed by atoms with Gasteiger partial charge in [0.1, 0.15) is 6.10 Å². The molecule has 1 fully saturated rings. The van der Waals surface area contributed by atoms with E-state index < -0.39 is 18.2 Å². The third-order valence-electron chi connectivity index (χ3n) is 3.09. The average Bonchev–Trinajstić information content (AvgIpc) is 2.85. The van der Waals surface area contributed by atoms with Gasteiger partial charge in [-0.15, -0.1) is 0 Å². The minimum absolute atomic E-state index is 0.337. The summed E-state index contributed by atoms with van der Waals surface area (Å²) < 4.78 is 5.90. The fourth-order valence-corrected chi connectivity index (χ4v) is 2.69. The quantitative estimate of drug-likeness (QED) is 0.867. The smallest absolute Gasteiger partial charge is 0.332 e. The highest BCUT2D eigenvalue weighted by Gasteiger charge is 2.34. The first-order valence-corrected chi connectivity index (χ1v) is 7.20. The largest absolute Gasteiger partial charge is 0.479 e. The molecule has 7 heteroatoms. The summed E-state index contributed by atoms with van der Waals surface area (Å²) in [5.74, 6) is -1.41. The van der Waals surface area contributed by atoms with Gasteiger partial charge in [0.15, 0.2) is 6.10 Å². The molecule has 0 radical (unpaired) electrons. The van der Waals surface area contributed by atoms with Crippen molar-refractivity contribution in [3.05, 3.63) is 27.2 Å². The Morgan fingerprint density at radius 3 is 2.65 bits per heavy atom. The van der Waals surface area contributed by atoms with Crippen LogP contribution in [-0.4, -0.2) is 29.2 Å². The zero-order valence-electron chi connectivity index (χ0n) is 10.7. The number of amides is 1. The Balaban J connectivity index is 2.06. The van der Waals surface area contributed by atoms with Gasteiger partial charge in [-0.3, -0.25) is 4.79 Å². The monoisotopic (exact) mass is 361 g/mol. The molecular weight excluding hydrogens is 350 g/mol. The molecular formula is C13H13BrClNO4. The first-order valence-electron chi connectivity index (χ1n) is 6.03. The molecule has 1 heterocycles. The van der Waals surface area contributed by atoms with Crippen molar-refractivity contribution in [3.8, 4) is 0 Å². The van der Waals surface area contributed by atoms with Crippen molar-refractivity contribution >= 4 is 45.1 Å². The molecule has 2 atom stereocenters. The molecule has 0 bridgehead atoms. The van der Waals surface area contributed by atoms with Crippen LogP contribution < -0.4 is 5.32 Å². The molecule has 0 aromatic heterocycles. The van der Waals surface area contributed by atoms with Gasteiger partial charge >= 0.3 is 5.97 Å². The maximum atomic E-state index is 12.0. The van der Waals surface area contributed by atoms with Crippen molar-refractivity contribution in [2.45, 2.75) is 32.0 Å². The van der Waals surface area contributed by atoms with Crippen LogP contribution in [-0.2, 0) is 14.3 Å². The maximum absolute atomic E-state index is 12.0. The van der Waals surface area contributed by atoms with Gasteiger partial charge in [-0.05, 0) is 53.4 Å². The molecule has 1 aliphatic rings. The predicted octanol–water partition coefficient (Wildman–Crippen LogP) is 2.98. The lowest BCUT2D eigenvalue weighted by atomic mass is 10.2. The van der Waals surface area contributed by atoms with Gasteiger partial charge in [0.25, 0.3) is 5.91 Å². The number of aryl methyl sites for hydroxylation is 1. The summed E-state index contributed by atoms with van der Waals surface area (Å²) in [6.45, 7) is 1.86. The number of aliphatic carboxylic acids is 1. The highest BCUT2D eigenvalue weighted by Crippen LogP contribution is 2.30. The first-order chi connectivity index (χ1) is 9.38. The molecule has 0 spiro atoms. The Labute approximate surface area is 129 Å². The molecule has 2 unspecified atom stereocenters. The van der Waals surface area contributed by atoms with Crippen LogP contribution in [0.15, 0.2) is 16.6 Å². The van der Waals surface area contributed by atoms with Crippen molar-refractivity contribution in [1.82, 2.24) is 0 Å². The van der Waals surface area contributed by atoms with Crippen LogP contribution >= 0.6 is 27.5 Å². The molecule has 1 aliphatic heterocycles. The van der Waals surface area contributed by atoms with Crippen molar-refractivity contribution in [2.24, 2.45) is 0 Å². The van der Waals surface area contributed by atoms with Gasteiger partial charge in [0.05, 0.1) is 5.69 Å². The van der Waals surface area contributed by atoms with Crippen LogP contribution in [0.5, 0.6) is 0 Å². The van der Waals surface area contributed by atoms with Gasteiger partial charge in [-0.1, -0.05) is 11.6 Å². The molecule has 2 rings (SSSR count). The van der Waals surface area contributed by atoms with Gasteiger partial charge in [0.2, 0.25) is 0 Å². The number of ether oxygens (including phenoxy) is 1. The van der Waals surface area contributed by atoms with E-state index in [1.54, 1.807) is 12.1 Å². The number of benzene rings is 1. The summed E-state index contributed by atoms with van der Waals surface area (Å²) in [4.78, 5) is 22.8. The molecule has 1 saturated heterocycles. The number of carbonyl (C=O) groups excluding carboxylic acids is 1. The van der Waals surface area contributed by atoms with Gasteiger partial charge in [0, 0.05) is 9.50 Å². The average molecular weight is 363 g/mol. The third-order valence-corrected chi connectivity index (χ3v) is 4.16. The topological polar surface area (TPSA) is 75.6 Å². The van der Waals surface area contributed by atoms with E-state index >= 15 is 0 Å². The number of hydrogen-bond donors (Lipinski definition) is 2. The normalized spacial score (nSPS) is 21.8. The number of hydrogen-bond acceptors (Lipinski definition) is 3. The van der Waals surface area contributed by atoms with E-state index in [1.807, 2.05) is 6.92 Å². The van der Waals surface area contributed by atoms with E-state index in [9.17, 15) is 9.59 Å². The summed E-state index contributed by atoms with van der Waals surface area (Å²) in [6.07, 6.45) is -0.928. The Morgan fingerprint density at radius 2 is 2.05 bits per heavy atom. The van der Waals surface area contributed by atoms with E-state index in [0.717, 1.165) is 5.56 Å². The Kier molecular flexibility index (Phi) is 4.67. The summed E-state index contributed by atoms with van der Waals surface area (Å²) in [5, 5.41) is 12.1. The van der Waals surface area contributed by atoms with Crippen LogP contribution in [0.2, 0.25) is 5.02 Å². The summed E-state index contributed by atoms with van der Waals surface area (Å²) in [7, 11) is 0. The van der Waals surface area contributed by atoms with Gasteiger partial charge in [-0.2, -0.15) is 0 Å². The minimum Gasteiger partial charge on any atom is -0.479 e. The lowest BCUT2D eigenvalue weighted by Crippen LogP contribution is -2.30. The second-order valence-electron chi connectivity index (χ2n) is 4.60. The minimum atomic E-state index is -1.04. The second kappa shape index (κ2) is 6.11. The maximum Gasteiger partial charge on any atom is 0.332 e. The van der Waals surface area contributed by atoms with Crippen LogP contribution in [0.25, 0.3) is 0 Å². The number of carbonyl (C=O) groups is 2. The molecule has 0 aliphatic carbocycles. The second-order valence-corrected chi connectivity index (χ2v) is 5.86. The molecule has 1 amide bonds. The number of anilines is 1. The number of rotatable bonds is 3. The van der Waals surface area contributed by atoms with Crippen molar-refractivity contribution in [1.29, 1.82) is 0 Å². The van der Waals surface area contributed by atoms with Crippen LogP contribution in [0.1, 0.15) is 18.4 Å². The van der Waals surface area contributed by atoms with E-state index in [4.69, 9.17) is 21.4 Å². The fourth-order valence-electron chi connectivity index (χ4n) is 1.97. The highest BCUT2D eigenvalue weighted by molar-refractivity contribution is 9.10. The molecule has 2 N–H and O–H groups in total. The summed E-state index contributed by atoms with van der Waals surface area (Å²) in [6, 6.07) is 3.44. The van der Waals surface area contributed by atoms with Crippen molar-refractivity contribution < 1.29 is 19.4 Å². The lowest BCUT2D eigenvalue weighted by molar-refractivity contribution is -0.150. The van der Waals surface area contributed by atoms with E-state index in [-0.39, 0.29) is 5.91 Å². The van der Waals surface area contributed by atoms with E-state index in [2.05, 4.69) is 21.2 Å². The zero-order chi connectivity index (χ0) is 14.9. The van der Waals surface area contributed by atoms with Crippen molar-refractivity contribution in [2.75, 3.05) is 5.32 Å². The number of nitrogens with one attached hydrogen (secondary N) is 1. The molecule has 108 valence electrons. The van der Waals surface area contributed by atoms with E-state index in [1.165, 1.54) is 0 Å². The highest BCUT2D eigenvalue weighted by atomic mass is 79.9. The Morgan fingerprint density at radius 1 is 1.40 bits per heavy atom. The molecule has 5 nitrogen and oxygen atoms in total. The summed E-state index contributed by atoms with van der Waals surface area (Å²) >= 11 is 9.36. The van der Waals surface area contributed by atoms with Gasteiger partial charge < -0.3 is 15.2 Å². The van der Waals surface area contributed by atoms with Crippen LogP contribution in [0, 0.1) is 6.92 Å². The van der Waals surface area contributed by atoms with Crippen LogP contribution in [0.3, 0.4) is 0 Å². The summed E-state index contributed by atoms with van der Waals surface area (Å²) in [5.41, 5.74) is 1.42. The van der Waals surface area contributed by atoms with Crippen LogP contribution in [0.4, 0.5) is 5.69 Å². The molecule has 1 aromatic rings. The molecule has 20 heavy (non-hydrogen) atoms. The molecule has 1 aromatic carbocycles. The lowest BCUT2D eigenvalue weighted by Gasteiger charge is -2.13. The van der Waals surface area contributed by atoms with Gasteiger partial charge in [-0.25, -0.2) is 4.79 Å². The van der Waals surface area contributed by atoms with E-state index in [0.29, 0.717) is 28.0 Å². The number of carboxylic acids is 1. The number of halogens is 2. The predicted molar refractivity (Wildman–Crippen MR) is 78.0 cm³/mol. The van der Waals surface area contributed by atoms with Crippen molar-refractivity contribution in [3.63, 3.8) is 0 Å². The number of carboxylic acid groups (broad SMARTS) is 1. The Bertz CT molecular complexity index is 564. The first kappa shape index (κ1) is 15.3. The Hall–Kier alpha value is -1.11. The SMILES string of the molecule is Cc1cc(Br)c(NC(=O)C2CCC(C(=O)O)O2)cc1Cl. The fraction of sp³-hybridized carbons (Fsp3) is 0.385.